The molecule has 112 valence electrons. The molecule has 0 aliphatic rings. The molecule has 3 N–H and O–H groups in total. The standard InChI is InChI=1S/C12H14N4O4S/c1-16-9(5-6-14-16)12(17)15-8-3-4-10(20-2)11(7-8)21(13,18)19/h3-7H,1-2H3,(H,15,17)(H2,13,18,19). The molecular formula is C12H14N4O4S. The number of nitrogens with zero attached hydrogens (tertiary/aromatic N) is 2. The van der Waals surface area contributed by atoms with E-state index in [1.54, 1.807) is 13.1 Å². The number of carbonyl (C=O) groups excluding carboxylic acids is 1. The number of carbonyl (C=O) groups is 1. The normalized spacial score (nSPS) is 11.2. The molecule has 0 radical (unpaired) electrons. The molecule has 1 aromatic heterocycles. The van der Waals surface area contributed by atoms with E-state index in [9.17, 15) is 13.2 Å². The van der Waals surface area contributed by atoms with Crippen LogP contribution in [0.4, 0.5) is 5.69 Å². The van der Waals surface area contributed by atoms with Crippen LogP contribution in [0.15, 0.2) is 35.4 Å². The summed E-state index contributed by atoms with van der Waals surface area (Å²) in [6, 6.07) is 5.71. The highest BCUT2D eigenvalue weighted by atomic mass is 32.2. The van der Waals surface area contributed by atoms with Crippen molar-refractivity contribution in [3.63, 3.8) is 0 Å². The molecule has 0 saturated carbocycles. The van der Waals surface area contributed by atoms with E-state index in [1.807, 2.05) is 0 Å². The average Bonchev–Trinajstić information content (AvgIpc) is 2.84. The maximum absolute atomic E-state index is 12.0. The molecule has 0 atom stereocenters. The van der Waals surface area contributed by atoms with Crippen LogP contribution in [0.3, 0.4) is 0 Å². The summed E-state index contributed by atoms with van der Waals surface area (Å²) in [6.45, 7) is 0. The Morgan fingerprint density at radius 1 is 1.38 bits per heavy atom. The molecule has 0 aliphatic carbocycles. The number of hydrogen-bond acceptors (Lipinski definition) is 5. The highest BCUT2D eigenvalue weighted by Gasteiger charge is 2.17. The van der Waals surface area contributed by atoms with Crippen LogP contribution in [0, 0.1) is 0 Å². The van der Waals surface area contributed by atoms with E-state index < -0.39 is 15.9 Å². The second kappa shape index (κ2) is 5.54. The predicted molar refractivity (Wildman–Crippen MR) is 75.5 cm³/mol. The first-order valence-electron chi connectivity index (χ1n) is 5.83. The van der Waals surface area contributed by atoms with Crippen molar-refractivity contribution in [3.8, 4) is 5.75 Å². The van der Waals surface area contributed by atoms with Crippen LogP contribution in [0.25, 0.3) is 0 Å². The Bertz CT molecular complexity index is 782. The van der Waals surface area contributed by atoms with Crippen molar-refractivity contribution in [2.24, 2.45) is 12.2 Å². The molecule has 1 amide bonds. The van der Waals surface area contributed by atoms with E-state index in [0.717, 1.165) is 0 Å². The number of nitrogens with one attached hydrogen (secondary N) is 1. The van der Waals surface area contributed by atoms with Crippen LogP contribution in [0.5, 0.6) is 5.75 Å². The van der Waals surface area contributed by atoms with Gasteiger partial charge in [0.25, 0.3) is 5.91 Å². The molecule has 1 heterocycles. The lowest BCUT2D eigenvalue weighted by atomic mass is 10.3. The summed E-state index contributed by atoms with van der Waals surface area (Å²) < 4.78 is 29.3. The average molecular weight is 310 g/mol. The lowest BCUT2D eigenvalue weighted by molar-refractivity contribution is 0.101. The molecule has 0 bridgehead atoms. The van der Waals surface area contributed by atoms with E-state index in [2.05, 4.69) is 10.4 Å². The Kier molecular flexibility index (Phi) is 3.96. The van der Waals surface area contributed by atoms with Crippen LogP contribution in [-0.2, 0) is 17.1 Å². The number of rotatable bonds is 4. The van der Waals surface area contributed by atoms with Crippen molar-refractivity contribution in [2.75, 3.05) is 12.4 Å². The third-order valence-corrected chi connectivity index (χ3v) is 3.71. The summed E-state index contributed by atoms with van der Waals surface area (Å²) in [5.41, 5.74) is 0.619. The highest BCUT2D eigenvalue weighted by Crippen LogP contribution is 2.26. The second-order valence-corrected chi connectivity index (χ2v) is 5.73. The second-order valence-electron chi connectivity index (χ2n) is 4.20. The molecule has 0 aliphatic heterocycles. The zero-order valence-electron chi connectivity index (χ0n) is 11.4. The minimum absolute atomic E-state index is 0.107. The van der Waals surface area contributed by atoms with Crippen LogP contribution in [-0.4, -0.2) is 31.2 Å². The van der Waals surface area contributed by atoms with Gasteiger partial charge in [-0.15, -0.1) is 0 Å². The highest BCUT2D eigenvalue weighted by molar-refractivity contribution is 7.89. The molecule has 0 fully saturated rings. The number of benzene rings is 1. The predicted octanol–water partition coefficient (Wildman–Crippen LogP) is 0.328. The van der Waals surface area contributed by atoms with E-state index in [-0.39, 0.29) is 16.3 Å². The quantitative estimate of drug-likeness (QED) is 0.844. The van der Waals surface area contributed by atoms with Gasteiger partial charge in [0.15, 0.2) is 0 Å². The Labute approximate surface area is 121 Å². The van der Waals surface area contributed by atoms with Crippen molar-refractivity contribution in [3.05, 3.63) is 36.2 Å². The third-order valence-electron chi connectivity index (χ3n) is 2.78. The number of aromatic nitrogens is 2. The number of anilines is 1. The molecule has 2 rings (SSSR count). The molecule has 2 aromatic rings. The van der Waals surface area contributed by atoms with Crippen molar-refractivity contribution < 1.29 is 17.9 Å². The van der Waals surface area contributed by atoms with Gasteiger partial charge >= 0.3 is 0 Å². The van der Waals surface area contributed by atoms with Crippen molar-refractivity contribution in [2.45, 2.75) is 4.90 Å². The number of aryl methyl sites for hydroxylation is 1. The van der Waals surface area contributed by atoms with Gasteiger partial charge in [-0.1, -0.05) is 0 Å². The van der Waals surface area contributed by atoms with Crippen molar-refractivity contribution >= 4 is 21.6 Å². The SMILES string of the molecule is COc1ccc(NC(=O)c2ccnn2C)cc1S(N)(=O)=O. The van der Waals surface area contributed by atoms with Gasteiger partial charge in [-0.2, -0.15) is 5.10 Å². The van der Waals surface area contributed by atoms with Gasteiger partial charge in [0.1, 0.15) is 16.3 Å². The number of hydrogen-bond donors (Lipinski definition) is 2. The minimum Gasteiger partial charge on any atom is -0.495 e. The van der Waals surface area contributed by atoms with Gasteiger partial charge in [-0.05, 0) is 24.3 Å². The summed E-state index contributed by atoms with van der Waals surface area (Å²) in [6.07, 6.45) is 1.48. The minimum atomic E-state index is -3.96. The summed E-state index contributed by atoms with van der Waals surface area (Å²) >= 11 is 0. The largest absolute Gasteiger partial charge is 0.495 e. The maximum Gasteiger partial charge on any atom is 0.273 e. The van der Waals surface area contributed by atoms with Crippen LogP contribution in [0.2, 0.25) is 0 Å². The molecule has 1 aromatic carbocycles. The lowest BCUT2D eigenvalue weighted by Gasteiger charge is -2.10. The van der Waals surface area contributed by atoms with Gasteiger partial charge < -0.3 is 10.1 Å². The van der Waals surface area contributed by atoms with Gasteiger partial charge in [-0.3, -0.25) is 9.48 Å². The smallest absolute Gasteiger partial charge is 0.273 e. The van der Waals surface area contributed by atoms with Crippen LogP contribution < -0.4 is 15.2 Å². The molecule has 9 heteroatoms. The van der Waals surface area contributed by atoms with E-state index >= 15 is 0 Å². The summed E-state index contributed by atoms with van der Waals surface area (Å²) in [5.74, 6) is -0.309. The molecule has 0 spiro atoms. The van der Waals surface area contributed by atoms with E-state index in [1.165, 1.54) is 36.2 Å². The van der Waals surface area contributed by atoms with E-state index in [4.69, 9.17) is 9.88 Å². The molecule has 8 nitrogen and oxygen atoms in total. The fourth-order valence-electron chi connectivity index (χ4n) is 1.77. The fraction of sp³-hybridized carbons (Fsp3) is 0.167. The Hall–Kier alpha value is -2.39. The third kappa shape index (κ3) is 3.20. The van der Waals surface area contributed by atoms with Gasteiger partial charge in [0.05, 0.1) is 7.11 Å². The summed E-state index contributed by atoms with van der Waals surface area (Å²) in [7, 11) is -1.00. The van der Waals surface area contributed by atoms with E-state index in [0.29, 0.717) is 5.69 Å². The Morgan fingerprint density at radius 3 is 2.62 bits per heavy atom. The van der Waals surface area contributed by atoms with Crippen molar-refractivity contribution in [1.29, 1.82) is 0 Å². The first-order valence-corrected chi connectivity index (χ1v) is 7.38. The lowest BCUT2D eigenvalue weighted by Crippen LogP contribution is -2.17. The molecule has 0 saturated heterocycles. The number of ether oxygens (including phenoxy) is 1. The van der Waals surface area contributed by atoms with Gasteiger partial charge in [0.2, 0.25) is 10.0 Å². The Morgan fingerprint density at radius 2 is 2.10 bits per heavy atom. The summed E-state index contributed by atoms with van der Waals surface area (Å²) in [4.78, 5) is 11.8. The van der Waals surface area contributed by atoms with Crippen LogP contribution >= 0.6 is 0 Å². The monoisotopic (exact) mass is 310 g/mol. The van der Waals surface area contributed by atoms with Gasteiger partial charge in [-0.25, -0.2) is 13.6 Å². The fourth-order valence-corrected chi connectivity index (χ4v) is 2.49. The maximum atomic E-state index is 12.0. The Balaban J connectivity index is 2.34. The zero-order valence-corrected chi connectivity index (χ0v) is 12.2. The number of sulfonamides is 1. The van der Waals surface area contributed by atoms with Crippen LogP contribution in [0.1, 0.15) is 10.5 Å². The van der Waals surface area contributed by atoms with Gasteiger partial charge in [0, 0.05) is 18.9 Å². The van der Waals surface area contributed by atoms with Crippen molar-refractivity contribution in [1.82, 2.24) is 9.78 Å². The summed E-state index contributed by atoms with van der Waals surface area (Å²) in [5, 5.41) is 11.6. The molecule has 21 heavy (non-hydrogen) atoms. The molecule has 0 unspecified atom stereocenters. The first kappa shape index (κ1) is 15.0. The molecular weight excluding hydrogens is 296 g/mol. The number of amides is 1. The topological polar surface area (TPSA) is 116 Å². The number of methoxy groups -OCH3 is 1. The first-order chi connectivity index (χ1) is 9.82. The number of primary sulfonamides is 1. The number of nitrogens with two attached hydrogens (primary N) is 1. The zero-order chi connectivity index (χ0) is 15.6.